The number of hydrogen-bond donors (Lipinski definition) is 2. The van der Waals surface area contributed by atoms with Gasteiger partial charge >= 0.3 is 23.7 Å². The van der Waals surface area contributed by atoms with Crippen LogP contribution in [-0.4, -0.2) is 20.1 Å². The fourth-order valence-electron chi connectivity index (χ4n) is 2.84. The zero-order chi connectivity index (χ0) is 24.1. The van der Waals surface area contributed by atoms with Gasteiger partial charge in [-0.1, -0.05) is 13.8 Å². The van der Waals surface area contributed by atoms with E-state index in [4.69, 9.17) is 0 Å². The summed E-state index contributed by atoms with van der Waals surface area (Å²) in [6.07, 6.45) is -10.5. The average Bonchev–Trinajstić information content (AvgIpc) is 2.59. The monoisotopic (exact) mass is 454 g/mol. The van der Waals surface area contributed by atoms with Crippen molar-refractivity contribution in [1.29, 1.82) is 0 Å². The molecule has 0 aliphatic carbocycles. The van der Waals surface area contributed by atoms with E-state index in [9.17, 15) is 56.8 Å². The van der Waals surface area contributed by atoms with E-state index < -0.39 is 72.7 Å². The highest BCUT2D eigenvalue weighted by Crippen LogP contribution is 2.48. The molecule has 168 valence electrons. The van der Waals surface area contributed by atoms with Crippen LogP contribution in [0.25, 0.3) is 0 Å². The van der Waals surface area contributed by atoms with E-state index in [-0.39, 0.29) is 0 Å². The molecule has 0 unspecified atom stereocenters. The second-order valence-electron chi connectivity index (χ2n) is 6.92. The molecule has 2 aromatic carbocycles. The zero-order valence-corrected chi connectivity index (χ0v) is 15.5. The van der Waals surface area contributed by atoms with Crippen molar-refractivity contribution in [3.63, 3.8) is 0 Å². The molecule has 2 N–H and O–H groups in total. The van der Waals surface area contributed by atoms with Gasteiger partial charge in [0.15, 0.2) is 0 Å². The van der Waals surface area contributed by atoms with Gasteiger partial charge in [-0.05, 0) is 23.3 Å². The van der Waals surface area contributed by atoms with Gasteiger partial charge in [0.25, 0.3) is 0 Å². The molecule has 8 nitrogen and oxygen atoms in total. The third-order valence-electron chi connectivity index (χ3n) is 4.63. The lowest BCUT2D eigenvalue weighted by molar-refractivity contribution is -0.386. The van der Waals surface area contributed by atoms with Gasteiger partial charge in [-0.3, -0.25) is 20.2 Å². The molecular weight excluding hydrogens is 442 g/mol. The van der Waals surface area contributed by atoms with Crippen LogP contribution in [0.15, 0.2) is 24.3 Å². The van der Waals surface area contributed by atoms with E-state index >= 15 is 0 Å². The number of rotatable bonds is 4. The minimum Gasteiger partial charge on any atom is -0.502 e. The Morgan fingerprint density at radius 1 is 0.710 bits per heavy atom. The summed E-state index contributed by atoms with van der Waals surface area (Å²) in [6.45, 7) is 2.14. The summed E-state index contributed by atoms with van der Waals surface area (Å²) < 4.78 is 79.5. The molecule has 31 heavy (non-hydrogen) atoms. The molecule has 0 aliphatic heterocycles. The fourth-order valence-corrected chi connectivity index (χ4v) is 2.84. The lowest BCUT2D eigenvalue weighted by atomic mass is 9.76. The van der Waals surface area contributed by atoms with Crippen molar-refractivity contribution in [1.82, 2.24) is 0 Å². The molecule has 0 saturated carbocycles. The van der Waals surface area contributed by atoms with Crippen molar-refractivity contribution in [2.75, 3.05) is 0 Å². The van der Waals surface area contributed by atoms with Gasteiger partial charge in [0.2, 0.25) is 11.5 Å². The molecule has 14 heteroatoms. The molecule has 0 atom stereocenters. The molecule has 2 rings (SSSR count). The number of phenols is 2. The van der Waals surface area contributed by atoms with Crippen LogP contribution in [-0.2, 0) is 17.8 Å². The molecule has 0 amide bonds. The van der Waals surface area contributed by atoms with Gasteiger partial charge < -0.3 is 10.2 Å². The summed E-state index contributed by atoms with van der Waals surface area (Å²) in [5, 5.41) is 41.4. The van der Waals surface area contributed by atoms with Crippen LogP contribution in [0, 0.1) is 20.2 Å². The highest BCUT2D eigenvalue weighted by Gasteiger charge is 2.42. The number of nitro benzene ring substituents is 2. The Morgan fingerprint density at radius 2 is 1.00 bits per heavy atom. The number of nitro groups is 2. The van der Waals surface area contributed by atoms with E-state index in [0.29, 0.717) is 24.3 Å². The van der Waals surface area contributed by atoms with Crippen LogP contribution in [0.3, 0.4) is 0 Å². The molecule has 0 fully saturated rings. The minimum atomic E-state index is -5.25. The normalized spacial score (nSPS) is 12.6. The summed E-state index contributed by atoms with van der Waals surface area (Å²) in [6, 6.07) is 1.65. The summed E-state index contributed by atoms with van der Waals surface area (Å²) >= 11 is 0. The van der Waals surface area contributed by atoms with Gasteiger partial charge in [0.1, 0.15) is 11.1 Å². The number of halogens is 6. The maximum absolute atomic E-state index is 13.3. The molecule has 0 radical (unpaired) electrons. The second-order valence-corrected chi connectivity index (χ2v) is 6.92. The first-order valence-corrected chi connectivity index (χ1v) is 8.07. The molecule has 0 saturated heterocycles. The van der Waals surface area contributed by atoms with Crippen molar-refractivity contribution >= 4 is 11.4 Å². The zero-order valence-electron chi connectivity index (χ0n) is 15.5. The Kier molecular flexibility index (Phi) is 5.57. The predicted octanol–water partition coefficient (Wildman–Crippen LogP) is 5.28. The molecule has 2 aromatic rings. The number of nitrogens with zero attached hydrogens (tertiary/aromatic N) is 2. The van der Waals surface area contributed by atoms with Crippen LogP contribution in [0.5, 0.6) is 11.5 Å². The molecule has 0 heterocycles. The molecule has 0 bridgehead atoms. The Hall–Kier alpha value is -3.58. The quantitative estimate of drug-likeness (QED) is 0.368. The number of phenolic OH excluding ortho intramolecular Hbond substituents is 2. The van der Waals surface area contributed by atoms with Crippen LogP contribution < -0.4 is 0 Å². The topological polar surface area (TPSA) is 127 Å². The van der Waals surface area contributed by atoms with E-state index in [1.165, 1.54) is 0 Å². The smallest absolute Gasteiger partial charge is 0.420 e. The number of aromatic hydroxyl groups is 2. The summed E-state index contributed by atoms with van der Waals surface area (Å²) in [5.41, 5.74) is -9.35. The van der Waals surface area contributed by atoms with Gasteiger partial charge in [-0.25, -0.2) is 0 Å². The van der Waals surface area contributed by atoms with Crippen LogP contribution >= 0.6 is 0 Å². The summed E-state index contributed by atoms with van der Waals surface area (Å²) in [5.74, 6) is -3.38. The fraction of sp³-hybridized carbons (Fsp3) is 0.294. The van der Waals surface area contributed by atoms with E-state index in [2.05, 4.69) is 0 Å². The van der Waals surface area contributed by atoms with Gasteiger partial charge in [0, 0.05) is 17.5 Å². The van der Waals surface area contributed by atoms with Crippen molar-refractivity contribution in [3.8, 4) is 11.5 Å². The Balaban J connectivity index is 2.90. The van der Waals surface area contributed by atoms with Crippen LogP contribution in [0.4, 0.5) is 37.7 Å². The van der Waals surface area contributed by atoms with Crippen molar-refractivity contribution in [2.24, 2.45) is 0 Å². The first-order chi connectivity index (χ1) is 13.9. The molecular formula is C17H12F6N2O6. The first-order valence-electron chi connectivity index (χ1n) is 8.07. The van der Waals surface area contributed by atoms with E-state index in [1.54, 1.807) is 0 Å². The van der Waals surface area contributed by atoms with Crippen molar-refractivity contribution in [3.05, 3.63) is 66.7 Å². The maximum atomic E-state index is 13.3. The van der Waals surface area contributed by atoms with Crippen molar-refractivity contribution < 1.29 is 46.4 Å². The van der Waals surface area contributed by atoms with Crippen LogP contribution in [0.2, 0.25) is 0 Å². The highest BCUT2D eigenvalue weighted by atomic mass is 19.4. The number of alkyl halides is 6. The van der Waals surface area contributed by atoms with E-state index in [0.717, 1.165) is 13.8 Å². The highest BCUT2D eigenvalue weighted by molar-refractivity contribution is 5.60. The Bertz CT molecular complexity index is 995. The lowest BCUT2D eigenvalue weighted by Crippen LogP contribution is -2.22. The van der Waals surface area contributed by atoms with E-state index in [1.807, 2.05) is 0 Å². The maximum Gasteiger partial charge on any atom is 0.420 e. The average molecular weight is 454 g/mol. The van der Waals surface area contributed by atoms with Gasteiger partial charge in [-0.15, -0.1) is 0 Å². The van der Waals surface area contributed by atoms with Crippen molar-refractivity contribution in [2.45, 2.75) is 31.6 Å². The third kappa shape index (κ3) is 4.32. The molecule has 0 spiro atoms. The SMILES string of the molecule is CC(C)(c1cc([N+](=O)[O-])c(O)c(C(F)(F)F)c1)c1cc([N+](=O)[O-])c(O)c(C(F)(F)F)c1. The summed E-state index contributed by atoms with van der Waals surface area (Å²) in [4.78, 5) is 19.6. The lowest BCUT2D eigenvalue weighted by Gasteiger charge is -2.28. The molecule has 0 aliphatic rings. The number of benzene rings is 2. The van der Waals surface area contributed by atoms with Gasteiger partial charge in [-0.2, -0.15) is 26.3 Å². The Morgan fingerprint density at radius 3 is 1.23 bits per heavy atom. The minimum absolute atomic E-state index is 0.300. The van der Waals surface area contributed by atoms with Gasteiger partial charge in [0.05, 0.1) is 9.85 Å². The second kappa shape index (κ2) is 7.28. The number of hydrogen-bond acceptors (Lipinski definition) is 6. The summed E-state index contributed by atoms with van der Waals surface area (Å²) in [7, 11) is 0. The van der Waals surface area contributed by atoms with Crippen LogP contribution in [0.1, 0.15) is 36.1 Å². The first kappa shape index (κ1) is 23.7. The third-order valence-corrected chi connectivity index (χ3v) is 4.63. The Labute approximate surface area is 168 Å². The predicted molar refractivity (Wildman–Crippen MR) is 91.7 cm³/mol. The standard InChI is InChI=1S/C17H12F6N2O6/c1-15(2,7-3-9(16(18,19)20)13(26)11(5-7)24(28)29)8-4-10(17(21,22)23)14(27)12(6-8)25(30)31/h3-6,26-27H,1-2H3. The largest absolute Gasteiger partial charge is 0.502 e. The molecule has 0 aromatic heterocycles.